The van der Waals surface area contributed by atoms with Crippen LogP contribution in [0.3, 0.4) is 0 Å². The third kappa shape index (κ3) is 4.35. The molecule has 1 heterocycles. The van der Waals surface area contributed by atoms with Crippen molar-refractivity contribution in [3.05, 3.63) is 35.8 Å². The molecule has 0 radical (unpaired) electrons. The van der Waals surface area contributed by atoms with Gasteiger partial charge >= 0.3 is 0 Å². The van der Waals surface area contributed by atoms with Gasteiger partial charge < -0.3 is 15.0 Å². The number of hydrogen-bond acceptors (Lipinski definition) is 2. The topological polar surface area (TPSA) is 54.1 Å². The van der Waals surface area contributed by atoms with E-state index in [0.717, 1.165) is 16.5 Å². The normalized spacial score (nSPS) is 10.0. The van der Waals surface area contributed by atoms with E-state index in [1.54, 1.807) is 6.07 Å². The highest BCUT2D eigenvalue weighted by Gasteiger charge is 2.05. The Kier molecular flexibility index (Phi) is 6.73. The van der Waals surface area contributed by atoms with Crippen LogP contribution in [0.25, 0.3) is 10.9 Å². The van der Waals surface area contributed by atoms with Crippen molar-refractivity contribution in [2.75, 3.05) is 20.3 Å². The minimum Gasteiger partial charge on any atom is -0.375 e. The molecule has 0 unspecified atom stereocenters. The molecule has 2 N–H and O–H groups in total. The smallest absolute Gasteiger partial charge is 0.245 e. The highest BCUT2D eigenvalue weighted by atomic mass is 19.1. The van der Waals surface area contributed by atoms with Gasteiger partial charge in [0.15, 0.2) is 0 Å². The first-order chi connectivity index (χ1) is 9.70. The standard InChI is InChI=1S/C13H15FN2O2.C2H6/c1-18-8-13(17)15-5-4-9-7-16-12-3-2-10(14)6-11(9)12;1-2/h2-3,6-7,16H,4-5,8H2,1H3,(H,15,17);1-2H3. The second kappa shape index (κ2) is 8.32. The largest absolute Gasteiger partial charge is 0.375 e. The molecule has 0 saturated heterocycles. The number of ether oxygens (including phenoxy) is 1. The summed E-state index contributed by atoms with van der Waals surface area (Å²) in [5.74, 6) is -0.407. The van der Waals surface area contributed by atoms with Crippen LogP contribution in [0.1, 0.15) is 19.4 Å². The highest BCUT2D eigenvalue weighted by Crippen LogP contribution is 2.19. The van der Waals surface area contributed by atoms with E-state index < -0.39 is 0 Å². The molecule has 4 nitrogen and oxygen atoms in total. The molecule has 20 heavy (non-hydrogen) atoms. The average molecular weight is 280 g/mol. The fourth-order valence-corrected chi connectivity index (χ4v) is 1.88. The number of fused-ring (bicyclic) bond motifs is 1. The van der Waals surface area contributed by atoms with E-state index in [2.05, 4.69) is 10.3 Å². The molecule has 0 bridgehead atoms. The van der Waals surface area contributed by atoms with Gasteiger partial charge in [-0.1, -0.05) is 13.8 Å². The minimum atomic E-state index is -0.258. The van der Waals surface area contributed by atoms with Crippen LogP contribution in [0.15, 0.2) is 24.4 Å². The monoisotopic (exact) mass is 280 g/mol. The number of amides is 1. The number of aromatic nitrogens is 1. The van der Waals surface area contributed by atoms with Crippen molar-refractivity contribution in [3.63, 3.8) is 0 Å². The van der Waals surface area contributed by atoms with Crippen molar-refractivity contribution in [1.29, 1.82) is 0 Å². The Labute approximate surface area is 118 Å². The summed E-state index contributed by atoms with van der Waals surface area (Å²) in [5, 5.41) is 3.59. The maximum atomic E-state index is 13.1. The van der Waals surface area contributed by atoms with E-state index in [0.29, 0.717) is 13.0 Å². The Morgan fingerprint density at radius 3 is 2.85 bits per heavy atom. The zero-order valence-corrected chi connectivity index (χ0v) is 12.1. The molecule has 2 aromatic rings. The molecule has 0 saturated carbocycles. The molecule has 1 aromatic heterocycles. The Hall–Kier alpha value is -1.88. The van der Waals surface area contributed by atoms with Crippen LogP contribution in [0.2, 0.25) is 0 Å². The summed E-state index contributed by atoms with van der Waals surface area (Å²) in [5.41, 5.74) is 1.89. The molecule has 110 valence electrons. The van der Waals surface area contributed by atoms with Crippen molar-refractivity contribution in [2.24, 2.45) is 0 Å². The van der Waals surface area contributed by atoms with Gasteiger partial charge in [-0.15, -0.1) is 0 Å². The summed E-state index contributed by atoms with van der Waals surface area (Å²) in [6, 6.07) is 4.62. The van der Waals surface area contributed by atoms with E-state index >= 15 is 0 Å². The summed E-state index contributed by atoms with van der Waals surface area (Å²) in [6.45, 7) is 4.56. The van der Waals surface area contributed by atoms with Gasteiger partial charge in [0.25, 0.3) is 0 Å². The first-order valence-electron chi connectivity index (χ1n) is 6.72. The first-order valence-corrected chi connectivity index (χ1v) is 6.72. The summed E-state index contributed by atoms with van der Waals surface area (Å²) in [4.78, 5) is 14.3. The van der Waals surface area contributed by atoms with Crippen LogP contribution in [0.4, 0.5) is 4.39 Å². The van der Waals surface area contributed by atoms with Gasteiger partial charge in [0, 0.05) is 30.8 Å². The molecule has 5 heteroatoms. The van der Waals surface area contributed by atoms with Crippen LogP contribution in [-0.4, -0.2) is 31.2 Å². The number of hydrogen-bond donors (Lipinski definition) is 2. The van der Waals surface area contributed by atoms with Crippen LogP contribution >= 0.6 is 0 Å². The van der Waals surface area contributed by atoms with E-state index in [1.165, 1.54) is 19.2 Å². The third-order valence-electron chi connectivity index (χ3n) is 2.72. The van der Waals surface area contributed by atoms with E-state index in [1.807, 2.05) is 20.0 Å². The SMILES string of the molecule is CC.COCC(=O)NCCc1c[nH]c2ccc(F)cc12. The Bertz CT molecular complexity index is 552. The highest BCUT2D eigenvalue weighted by molar-refractivity contribution is 5.83. The van der Waals surface area contributed by atoms with Gasteiger partial charge in [0.05, 0.1) is 0 Å². The third-order valence-corrected chi connectivity index (χ3v) is 2.72. The lowest BCUT2D eigenvalue weighted by Gasteiger charge is -2.03. The molecule has 0 aliphatic rings. The number of nitrogens with one attached hydrogen (secondary N) is 2. The number of benzene rings is 1. The molecule has 0 spiro atoms. The molecule has 0 aliphatic carbocycles. The molecule has 1 amide bonds. The Morgan fingerprint density at radius 1 is 1.40 bits per heavy atom. The van der Waals surface area contributed by atoms with Gasteiger partial charge in [-0.25, -0.2) is 4.39 Å². The molecule has 2 rings (SSSR count). The number of methoxy groups -OCH3 is 1. The van der Waals surface area contributed by atoms with Gasteiger partial charge in [0.2, 0.25) is 5.91 Å². The summed E-state index contributed by atoms with van der Waals surface area (Å²) in [6.07, 6.45) is 2.49. The lowest BCUT2D eigenvalue weighted by molar-refractivity contribution is -0.124. The van der Waals surface area contributed by atoms with Crippen molar-refractivity contribution >= 4 is 16.8 Å². The quantitative estimate of drug-likeness (QED) is 0.884. The lowest BCUT2D eigenvalue weighted by Crippen LogP contribution is -2.28. The minimum absolute atomic E-state index is 0.0580. The van der Waals surface area contributed by atoms with Gasteiger partial charge in [-0.2, -0.15) is 0 Å². The molecule has 0 atom stereocenters. The van der Waals surface area contributed by atoms with Crippen molar-refractivity contribution in [3.8, 4) is 0 Å². The summed E-state index contributed by atoms with van der Waals surface area (Å²) in [7, 11) is 1.47. The van der Waals surface area contributed by atoms with Gasteiger partial charge in [-0.3, -0.25) is 4.79 Å². The summed E-state index contributed by atoms with van der Waals surface area (Å²) >= 11 is 0. The van der Waals surface area contributed by atoms with E-state index in [9.17, 15) is 9.18 Å². The fraction of sp³-hybridized carbons (Fsp3) is 0.400. The van der Waals surface area contributed by atoms with Crippen molar-refractivity contribution < 1.29 is 13.9 Å². The summed E-state index contributed by atoms with van der Waals surface area (Å²) < 4.78 is 17.9. The molecular formula is C15H21FN2O2. The van der Waals surface area contributed by atoms with E-state index in [4.69, 9.17) is 4.74 Å². The van der Waals surface area contributed by atoms with Crippen molar-refractivity contribution in [2.45, 2.75) is 20.3 Å². The maximum absolute atomic E-state index is 13.1. The fourth-order valence-electron chi connectivity index (χ4n) is 1.88. The van der Waals surface area contributed by atoms with Gasteiger partial charge in [-0.05, 0) is 30.2 Å². The molecule has 0 aliphatic heterocycles. The zero-order valence-electron chi connectivity index (χ0n) is 12.1. The first kappa shape index (κ1) is 16.2. The Morgan fingerprint density at radius 2 is 2.15 bits per heavy atom. The van der Waals surface area contributed by atoms with Crippen LogP contribution in [0.5, 0.6) is 0 Å². The second-order valence-electron chi connectivity index (χ2n) is 4.04. The average Bonchev–Trinajstić information content (AvgIpc) is 2.84. The van der Waals surface area contributed by atoms with Crippen molar-refractivity contribution in [1.82, 2.24) is 10.3 Å². The second-order valence-corrected chi connectivity index (χ2v) is 4.04. The number of halogens is 1. The van der Waals surface area contributed by atoms with Crippen LogP contribution in [0, 0.1) is 5.82 Å². The number of H-pyrrole nitrogens is 1. The number of carbonyl (C=O) groups is 1. The van der Waals surface area contributed by atoms with Gasteiger partial charge in [0.1, 0.15) is 12.4 Å². The predicted octanol–water partition coefficient (Wildman–Crippen LogP) is 2.64. The number of aromatic amines is 1. The van der Waals surface area contributed by atoms with Crippen LogP contribution < -0.4 is 5.32 Å². The number of carbonyl (C=O) groups excluding carboxylic acids is 1. The van der Waals surface area contributed by atoms with E-state index in [-0.39, 0.29) is 18.3 Å². The van der Waals surface area contributed by atoms with Crippen LogP contribution in [-0.2, 0) is 16.0 Å². The lowest BCUT2D eigenvalue weighted by atomic mass is 10.1. The predicted molar refractivity (Wildman–Crippen MR) is 78.2 cm³/mol. The maximum Gasteiger partial charge on any atom is 0.245 e. The Balaban J connectivity index is 0.000000956. The molecule has 1 aromatic carbocycles. The molecule has 0 fully saturated rings. The zero-order chi connectivity index (χ0) is 15.0. The number of rotatable bonds is 5. The molecular weight excluding hydrogens is 259 g/mol.